The van der Waals surface area contributed by atoms with E-state index in [-0.39, 0.29) is 37.8 Å². The summed E-state index contributed by atoms with van der Waals surface area (Å²) in [5, 5.41) is 0. The standard InChI is InChI=1S/C47H49N3O2.Pt/c1-28(2)31-22-32(43-49-47(11)37-18-16-29(3)30(4)36(37)27-46(47,10)52-43)24-35(23-31)51-34-17-19-39-41(26-34)50(40-15-13-12-14-38(40)45(39,8)9)42-25-33(20-21-48-42)44(5,6)7;/h12-23,25,28H,27H2,1-11H3;/q-2;+2/t46-,47+;/m0./s1/i27D2;. The molecule has 5 nitrogen and oxygen atoms in total. The van der Waals surface area contributed by atoms with Crippen molar-refractivity contribution in [3.63, 3.8) is 0 Å². The Hall–Kier alpha value is -4.21. The maximum absolute atomic E-state index is 9.40. The molecular weight excluding hydrogens is 834 g/mol. The third-order valence-electron chi connectivity index (χ3n) is 11.6. The second kappa shape index (κ2) is 12.7. The first kappa shape index (κ1) is 34.5. The summed E-state index contributed by atoms with van der Waals surface area (Å²) in [6.45, 7) is 23.3. The molecule has 0 N–H and O–H groups in total. The molecule has 2 atom stereocenters. The molecule has 0 radical (unpaired) electrons. The van der Waals surface area contributed by atoms with E-state index in [0.29, 0.717) is 28.5 Å². The molecule has 8 rings (SSSR count). The van der Waals surface area contributed by atoms with Crippen molar-refractivity contribution in [2.24, 2.45) is 4.99 Å². The molecule has 3 heterocycles. The summed E-state index contributed by atoms with van der Waals surface area (Å²) in [4.78, 5) is 12.3. The van der Waals surface area contributed by atoms with E-state index in [1.165, 1.54) is 11.1 Å². The minimum atomic E-state index is -1.77. The summed E-state index contributed by atoms with van der Waals surface area (Å²) in [6, 6.07) is 32.1. The largest absolute Gasteiger partial charge is 2.00 e. The van der Waals surface area contributed by atoms with Crippen LogP contribution in [0.5, 0.6) is 11.5 Å². The number of aliphatic imine (C=N–C) groups is 1. The summed E-state index contributed by atoms with van der Waals surface area (Å²) in [5.74, 6) is 2.42. The van der Waals surface area contributed by atoms with E-state index in [2.05, 4.69) is 114 Å². The predicted octanol–water partition coefficient (Wildman–Crippen LogP) is 11.6. The zero-order valence-corrected chi connectivity index (χ0v) is 34.8. The van der Waals surface area contributed by atoms with Gasteiger partial charge in [0, 0.05) is 32.5 Å². The molecule has 5 aromatic rings. The van der Waals surface area contributed by atoms with E-state index < -0.39 is 17.5 Å². The number of pyridine rings is 1. The Kier molecular flexibility index (Phi) is 8.27. The molecule has 0 saturated heterocycles. The minimum Gasteiger partial charge on any atom is -0.511 e. The van der Waals surface area contributed by atoms with Gasteiger partial charge in [-0.15, -0.1) is 29.3 Å². The van der Waals surface area contributed by atoms with Crippen LogP contribution in [0.2, 0.25) is 0 Å². The van der Waals surface area contributed by atoms with Gasteiger partial charge in [-0.1, -0.05) is 102 Å². The number of nitrogens with zero attached hydrogens (tertiary/aromatic N) is 3. The first-order chi connectivity index (χ1) is 25.3. The van der Waals surface area contributed by atoms with Gasteiger partial charge in [-0.2, -0.15) is 6.07 Å². The summed E-state index contributed by atoms with van der Waals surface area (Å²) >= 11 is 0. The van der Waals surface area contributed by atoms with Gasteiger partial charge in [-0.05, 0) is 96.0 Å². The van der Waals surface area contributed by atoms with Gasteiger partial charge < -0.3 is 14.4 Å². The molecule has 0 fully saturated rings. The maximum Gasteiger partial charge on any atom is 2.00 e. The van der Waals surface area contributed by atoms with Gasteiger partial charge in [-0.3, -0.25) is 4.99 Å². The zero-order chi connectivity index (χ0) is 38.7. The van der Waals surface area contributed by atoms with Crippen LogP contribution in [0, 0.1) is 26.0 Å². The molecule has 3 aliphatic rings. The molecular formula is C47H49N3O2Pt. The van der Waals surface area contributed by atoms with Gasteiger partial charge in [0.15, 0.2) is 0 Å². The van der Waals surface area contributed by atoms with E-state index in [9.17, 15) is 2.74 Å². The van der Waals surface area contributed by atoms with Crippen LogP contribution >= 0.6 is 0 Å². The predicted molar refractivity (Wildman–Crippen MR) is 211 cm³/mol. The normalized spacial score (nSPS) is 22.3. The van der Waals surface area contributed by atoms with Crippen LogP contribution in [0.25, 0.3) is 0 Å². The summed E-state index contributed by atoms with van der Waals surface area (Å²) < 4.78 is 32.2. The fourth-order valence-corrected chi connectivity index (χ4v) is 7.92. The van der Waals surface area contributed by atoms with Crippen molar-refractivity contribution in [1.29, 1.82) is 0 Å². The van der Waals surface area contributed by atoms with Crippen molar-refractivity contribution in [3.05, 3.63) is 141 Å². The Bertz CT molecular complexity index is 2400. The van der Waals surface area contributed by atoms with Gasteiger partial charge >= 0.3 is 21.1 Å². The molecule has 1 aromatic heterocycles. The number of para-hydroxylation sites is 1. The zero-order valence-electron chi connectivity index (χ0n) is 34.6. The van der Waals surface area contributed by atoms with E-state index in [0.717, 1.165) is 45.0 Å². The second-order valence-electron chi connectivity index (χ2n) is 16.8. The van der Waals surface area contributed by atoms with Gasteiger partial charge in [-0.25, -0.2) is 4.98 Å². The molecule has 4 aromatic carbocycles. The Morgan fingerprint density at radius 3 is 2.36 bits per heavy atom. The molecule has 0 unspecified atom stereocenters. The average Bonchev–Trinajstić information content (AvgIpc) is 3.47. The number of aromatic nitrogens is 1. The van der Waals surface area contributed by atoms with Crippen molar-refractivity contribution in [2.75, 3.05) is 4.90 Å². The van der Waals surface area contributed by atoms with Gasteiger partial charge in [0.1, 0.15) is 22.9 Å². The maximum atomic E-state index is 9.40. The number of benzene rings is 4. The molecule has 1 aliphatic carbocycles. The molecule has 0 spiro atoms. The topological polar surface area (TPSA) is 47.0 Å². The number of hydrogen-bond acceptors (Lipinski definition) is 5. The minimum absolute atomic E-state index is 0. The van der Waals surface area contributed by atoms with Gasteiger partial charge in [0.05, 0.1) is 0 Å². The molecule has 6 heteroatoms. The molecule has 0 saturated carbocycles. The Morgan fingerprint density at radius 2 is 1.62 bits per heavy atom. The number of hydrogen-bond donors (Lipinski definition) is 0. The summed E-state index contributed by atoms with van der Waals surface area (Å²) in [6.07, 6.45) is 0.117. The fraction of sp³-hybridized carbons (Fsp3) is 0.362. The summed E-state index contributed by atoms with van der Waals surface area (Å²) in [7, 11) is 0. The average molecular weight is 885 g/mol. The smallest absolute Gasteiger partial charge is 0.511 e. The SMILES string of the molecule is [2H]C1([2H])c2c(ccc(C)c2C)[C@@]2(C)N=C(c3[c-]c(Oc4[c-]c5c(cc4)C(C)(C)c4ccccc4N5c4cc(C(C)(C)C)ccn4)cc(C(C)C)c3)O[C@@]12C.[Pt+2]. The Labute approximate surface area is 333 Å². The monoisotopic (exact) mass is 884 g/mol. The van der Waals surface area contributed by atoms with Crippen molar-refractivity contribution >= 4 is 23.1 Å². The van der Waals surface area contributed by atoms with Crippen molar-refractivity contribution in [3.8, 4) is 11.5 Å². The summed E-state index contributed by atoms with van der Waals surface area (Å²) in [5.41, 5.74) is 8.17. The fourth-order valence-electron chi connectivity index (χ4n) is 7.92. The van der Waals surface area contributed by atoms with Crippen LogP contribution in [0.1, 0.15) is 121 Å². The van der Waals surface area contributed by atoms with E-state index in [1.807, 2.05) is 58.2 Å². The van der Waals surface area contributed by atoms with Gasteiger partial charge in [0.2, 0.25) is 0 Å². The number of fused-ring (bicyclic) bond motifs is 5. The van der Waals surface area contributed by atoms with Crippen LogP contribution in [-0.2, 0) is 48.5 Å². The third-order valence-corrected chi connectivity index (χ3v) is 11.6. The van der Waals surface area contributed by atoms with Crippen molar-refractivity contribution in [1.82, 2.24) is 4.98 Å². The van der Waals surface area contributed by atoms with Crippen LogP contribution < -0.4 is 9.64 Å². The Morgan fingerprint density at radius 1 is 0.887 bits per heavy atom. The number of aryl methyl sites for hydroxylation is 1. The van der Waals surface area contributed by atoms with E-state index in [1.54, 1.807) is 0 Å². The van der Waals surface area contributed by atoms with Crippen molar-refractivity contribution in [2.45, 2.75) is 110 Å². The van der Waals surface area contributed by atoms with E-state index >= 15 is 0 Å². The molecule has 0 amide bonds. The number of ether oxygens (including phenoxy) is 2. The van der Waals surface area contributed by atoms with Gasteiger partial charge in [0.25, 0.3) is 0 Å². The first-order valence-electron chi connectivity index (χ1n) is 19.4. The third kappa shape index (κ3) is 5.86. The quantitative estimate of drug-likeness (QED) is 0.165. The number of anilines is 3. The molecule has 53 heavy (non-hydrogen) atoms. The van der Waals surface area contributed by atoms with Crippen LogP contribution in [-0.4, -0.2) is 16.5 Å². The first-order valence-corrected chi connectivity index (χ1v) is 18.4. The second-order valence-corrected chi connectivity index (χ2v) is 16.8. The molecule has 2 aliphatic heterocycles. The van der Waals surface area contributed by atoms with Crippen LogP contribution in [0.15, 0.2) is 84.0 Å². The van der Waals surface area contributed by atoms with Crippen LogP contribution in [0.4, 0.5) is 17.2 Å². The molecule has 274 valence electrons. The Balaban J connectivity index is 0.00000465. The number of rotatable bonds is 5. The molecule has 0 bridgehead atoms. The van der Waals surface area contributed by atoms with Crippen LogP contribution in [0.3, 0.4) is 0 Å². The van der Waals surface area contributed by atoms with Crippen molar-refractivity contribution < 1.29 is 33.3 Å². The van der Waals surface area contributed by atoms with E-state index in [4.69, 9.17) is 19.5 Å².